The average Bonchev–Trinajstić information content (AvgIpc) is 2.31. The third-order valence-corrected chi connectivity index (χ3v) is 3.06. The molecule has 1 aliphatic rings. The Hall–Kier alpha value is 0.270. The van der Waals surface area contributed by atoms with Crippen molar-refractivity contribution in [2.45, 2.75) is 24.7 Å². The highest BCUT2D eigenvalue weighted by atomic mass is 32.2. The van der Waals surface area contributed by atoms with Crippen LogP contribution in [-0.2, 0) is 4.74 Å². The molecule has 60 valence electrons. The average molecular weight is 162 g/mol. The molecule has 2 nitrogen and oxygen atoms in total. The Kier molecular flexibility index (Phi) is 3.52. The van der Waals surface area contributed by atoms with Crippen molar-refractivity contribution in [3.8, 4) is 0 Å². The summed E-state index contributed by atoms with van der Waals surface area (Å²) in [5.74, 6) is 1.13. The van der Waals surface area contributed by atoms with Gasteiger partial charge in [0.15, 0.2) is 0 Å². The Morgan fingerprint density at radius 2 is 2.40 bits per heavy atom. The van der Waals surface area contributed by atoms with Crippen molar-refractivity contribution in [3.05, 3.63) is 0 Å². The molecule has 1 saturated heterocycles. The van der Waals surface area contributed by atoms with E-state index < -0.39 is 0 Å². The van der Waals surface area contributed by atoms with Gasteiger partial charge >= 0.3 is 0 Å². The molecule has 0 radical (unpaired) electrons. The van der Waals surface area contributed by atoms with Gasteiger partial charge in [-0.25, -0.2) is 0 Å². The van der Waals surface area contributed by atoms with Gasteiger partial charge in [0.05, 0.1) is 24.6 Å². The third kappa shape index (κ3) is 2.15. The minimum atomic E-state index is -0.225. The normalized spacial score (nSPS) is 33.0. The molecule has 0 bridgehead atoms. The van der Waals surface area contributed by atoms with E-state index >= 15 is 0 Å². The summed E-state index contributed by atoms with van der Waals surface area (Å²) in [6, 6.07) is 0. The number of aliphatic hydroxyl groups excluding tert-OH is 1. The second kappa shape index (κ2) is 4.21. The highest BCUT2D eigenvalue weighted by molar-refractivity contribution is 8.00. The minimum absolute atomic E-state index is 0.225. The fourth-order valence-corrected chi connectivity index (χ4v) is 1.98. The van der Waals surface area contributed by atoms with Crippen molar-refractivity contribution in [3.63, 3.8) is 0 Å². The predicted octanol–water partition coefficient (Wildman–Crippen LogP) is 0.889. The Morgan fingerprint density at radius 3 is 2.90 bits per heavy atom. The van der Waals surface area contributed by atoms with Gasteiger partial charge in [-0.1, -0.05) is 6.92 Å². The number of hydrogen-bond donors (Lipinski definition) is 1. The molecule has 0 aromatic carbocycles. The molecule has 2 atom stereocenters. The van der Waals surface area contributed by atoms with E-state index in [1.165, 1.54) is 6.42 Å². The second-order valence-corrected chi connectivity index (χ2v) is 3.86. The Balaban J connectivity index is 2.14. The number of hydrogen-bond acceptors (Lipinski definition) is 3. The molecular formula is C7H14O2S. The van der Waals surface area contributed by atoms with Gasteiger partial charge in [0, 0.05) is 0 Å². The molecule has 1 N–H and O–H groups in total. The maximum absolute atomic E-state index is 9.27. The van der Waals surface area contributed by atoms with E-state index in [1.54, 1.807) is 0 Å². The molecule has 0 aromatic rings. The molecule has 0 aliphatic carbocycles. The van der Waals surface area contributed by atoms with Crippen LogP contribution in [0.25, 0.3) is 0 Å². The fourth-order valence-electron chi connectivity index (χ4n) is 0.952. The second-order valence-electron chi connectivity index (χ2n) is 2.51. The molecule has 2 unspecified atom stereocenters. The Labute approximate surface area is 66.0 Å². The van der Waals surface area contributed by atoms with Gasteiger partial charge in [0.25, 0.3) is 0 Å². The van der Waals surface area contributed by atoms with Gasteiger partial charge in [-0.2, -0.15) is 11.8 Å². The van der Waals surface area contributed by atoms with Crippen LogP contribution in [0.3, 0.4) is 0 Å². The van der Waals surface area contributed by atoms with Crippen LogP contribution in [0.15, 0.2) is 0 Å². The topological polar surface area (TPSA) is 29.5 Å². The summed E-state index contributed by atoms with van der Waals surface area (Å²) in [7, 11) is 0. The third-order valence-electron chi connectivity index (χ3n) is 1.54. The first kappa shape index (κ1) is 8.37. The molecular weight excluding hydrogens is 148 g/mol. The standard InChI is InChI=1S/C7H14O2S/c1-2-3-10-7-5-9-4-6(7)8/h6-8H,2-5H2,1H3. The fraction of sp³-hybridized carbons (Fsp3) is 1.00. The molecule has 10 heavy (non-hydrogen) atoms. The van der Waals surface area contributed by atoms with Gasteiger partial charge in [-0.15, -0.1) is 0 Å². The number of thioether (sulfide) groups is 1. The van der Waals surface area contributed by atoms with Crippen LogP contribution in [-0.4, -0.2) is 35.4 Å². The van der Waals surface area contributed by atoms with Crippen LogP contribution >= 0.6 is 11.8 Å². The quantitative estimate of drug-likeness (QED) is 0.668. The van der Waals surface area contributed by atoms with Crippen molar-refractivity contribution in [1.29, 1.82) is 0 Å². The van der Waals surface area contributed by atoms with Crippen LogP contribution in [0.2, 0.25) is 0 Å². The first-order chi connectivity index (χ1) is 4.84. The predicted molar refractivity (Wildman–Crippen MR) is 43.4 cm³/mol. The first-order valence-electron chi connectivity index (χ1n) is 3.72. The van der Waals surface area contributed by atoms with Crippen LogP contribution < -0.4 is 0 Å². The maximum Gasteiger partial charge on any atom is 0.0914 e. The van der Waals surface area contributed by atoms with E-state index in [0.717, 1.165) is 12.4 Å². The zero-order valence-electron chi connectivity index (χ0n) is 6.25. The van der Waals surface area contributed by atoms with Gasteiger partial charge in [0.1, 0.15) is 0 Å². The summed E-state index contributed by atoms with van der Waals surface area (Å²) < 4.78 is 5.10. The van der Waals surface area contributed by atoms with Gasteiger partial charge in [-0.05, 0) is 12.2 Å². The van der Waals surface area contributed by atoms with E-state index in [4.69, 9.17) is 4.74 Å². The summed E-state index contributed by atoms with van der Waals surface area (Å²) in [5, 5.41) is 9.60. The van der Waals surface area contributed by atoms with Crippen molar-refractivity contribution < 1.29 is 9.84 Å². The summed E-state index contributed by atoms with van der Waals surface area (Å²) in [6.45, 7) is 3.41. The lowest BCUT2D eigenvalue weighted by atomic mass is 10.3. The van der Waals surface area contributed by atoms with E-state index in [0.29, 0.717) is 11.9 Å². The van der Waals surface area contributed by atoms with E-state index in [2.05, 4.69) is 6.92 Å². The van der Waals surface area contributed by atoms with Crippen molar-refractivity contribution in [2.24, 2.45) is 0 Å². The summed E-state index contributed by atoms with van der Waals surface area (Å²) in [5.41, 5.74) is 0. The molecule has 0 aromatic heterocycles. The molecule has 1 heterocycles. The molecule has 3 heteroatoms. The lowest BCUT2D eigenvalue weighted by molar-refractivity contribution is 0.127. The van der Waals surface area contributed by atoms with E-state index in [-0.39, 0.29) is 6.10 Å². The Bertz CT molecular complexity index is 97.6. The summed E-state index contributed by atoms with van der Waals surface area (Å²) in [4.78, 5) is 0. The van der Waals surface area contributed by atoms with Crippen LogP contribution in [0, 0.1) is 0 Å². The molecule has 0 spiro atoms. The van der Waals surface area contributed by atoms with Gasteiger partial charge in [0.2, 0.25) is 0 Å². The molecule has 1 aliphatic heterocycles. The highest BCUT2D eigenvalue weighted by Crippen LogP contribution is 2.21. The first-order valence-corrected chi connectivity index (χ1v) is 4.77. The Morgan fingerprint density at radius 1 is 1.60 bits per heavy atom. The number of ether oxygens (including phenoxy) is 1. The largest absolute Gasteiger partial charge is 0.389 e. The van der Waals surface area contributed by atoms with Crippen molar-refractivity contribution >= 4 is 11.8 Å². The molecule has 0 saturated carbocycles. The number of rotatable bonds is 3. The van der Waals surface area contributed by atoms with Gasteiger partial charge < -0.3 is 9.84 Å². The lowest BCUT2D eigenvalue weighted by Crippen LogP contribution is -2.20. The van der Waals surface area contributed by atoms with E-state index in [1.807, 2.05) is 11.8 Å². The molecule has 1 rings (SSSR count). The van der Waals surface area contributed by atoms with Crippen molar-refractivity contribution in [1.82, 2.24) is 0 Å². The van der Waals surface area contributed by atoms with E-state index in [9.17, 15) is 5.11 Å². The number of aliphatic hydroxyl groups is 1. The summed E-state index contributed by atoms with van der Waals surface area (Å²) >= 11 is 1.82. The molecule has 0 amide bonds. The maximum atomic E-state index is 9.27. The monoisotopic (exact) mass is 162 g/mol. The van der Waals surface area contributed by atoms with Crippen molar-refractivity contribution in [2.75, 3.05) is 19.0 Å². The van der Waals surface area contributed by atoms with Crippen LogP contribution in [0.1, 0.15) is 13.3 Å². The summed E-state index contributed by atoms with van der Waals surface area (Å²) in [6.07, 6.45) is 0.949. The lowest BCUT2D eigenvalue weighted by Gasteiger charge is -2.09. The van der Waals surface area contributed by atoms with Crippen LogP contribution in [0.4, 0.5) is 0 Å². The smallest absolute Gasteiger partial charge is 0.0914 e. The van der Waals surface area contributed by atoms with Crippen LogP contribution in [0.5, 0.6) is 0 Å². The SMILES string of the molecule is CCCSC1COCC1O. The van der Waals surface area contributed by atoms with Gasteiger partial charge in [-0.3, -0.25) is 0 Å². The zero-order valence-corrected chi connectivity index (χ0v) is 7.06. The zero-order chi connectivity index (χ0) is 7.40. The minimum Gasteiger partial charge on any atom is -0.389 e. The highest BCUT2D eigenvalue weighted by Gasteiger charge is 2.25. The molecule has 1 fully saturated rings.